The minimum Gasteiger partial charge on any atom is -0.139 e. The SMILES string of the molecule is B[Si]([SiH3])(N=[N+]=[N-])[SiH2]C. The number of azide groups is 1. The lowest BCUT2D eigenvalue weighted by Crippen LogP contribution is -2.40. The molecule has 0 bridgehead atoms. The van der Waals surface area contributed by atoms with E-state index in [9.17, 15) is 0 Å². The van der Waals surface area contributed by atoms with E-state index < -0.39 is 7.14 Å². The van der Waals surface area contributed by atoms with Crippen LogP contribution in [0.5, 0.6) is 0 Å². The third kappa shape index (κ3) is 3.08. The molecule has 0 spiro atoms. The Bertz CT molecular complexity index is 118. The number of hydrogen-bond acceptors (Lipinski definition) is 1. The van der Waals surface area contributed by atoms with Crippen LogP contribution in [0.3, 0.4) is 0 Å². The van der Waals surface area contributed by atoms with Crippen LogP contribution in [0.2, 0.25) is 6.55 Å². The minimum atomic E-state index is -1.19. The second-order valence-corrected chi connectivity index (χ2v) is 24.9. The van der Waals surface area contributed by atoms with Crippen LogP contribution in [0.4, 0.5) is 0 Å². The highest BCUT2D eigenvalue weighted by Gasteiger charge is 2.14. The van der Waals surface area contributed by atoms with Gasteiger partial charge >= 0.3 is 0 Å². The lowest BCUT2D eigenvalue weighted by Gasteiger charge is -2.08. The summed E-state index contributed by atoms with van der Waals surface area (Å²) in [4.78, 5) is 2.83. The Morgan fingerprint density at radius 1 is 2.00 bits per heavy atom. The van der Waals surface area contributed by atoms with Crippen molar-refractivity contribution in [2.24, 2.45) is 4.78 Å². The van der Waals surface area contributed by atoms with Crippen molar-refractivity contribution in [3.05, 3.63) is 10.4 Å². The maximum Gasteiger partial charge on any atom is 0.0970 e. The van der Waals surface area contributed by atoms with Crippen molar-refractivity contribution < 1.29 is 0 Å². The fourth-order valence-corrected chi connectivity index (χ4v) is 1.46. The van der Waals surface area contributed by atoms with Crippen LogP contribution < -0.4 is 0 Å². The van der Waals surface area contributed by atoms with E-state index in [2.05, 4.69) is 23.7 Å². The highest BCUT2D eigenvalue weighted by molar-refractivity contribution is 7.62. The van der Waals surface area contributed by atoms with Crippen molar-refractivity contribution in [3.63, 3.8) is 0 Å². The predicted octanol–water partition coefficient (Wildman–Crippen LogP) is -2.05. The summed E-state index contributed by atoms with van der Waals surface area (Å²) < 4.78 is 3.82. The van der Waals surface area contributed by atoms with Crippen LogP contribution in [0.15, 0.2) is 4.78 Å². The molecule has 0 fully saturated rings. The van der Waals surface area contributed by atoms with Gasteiger partial charge in [0.2, 0.25) is 0 Å². The lowest BCUT2D eigenvalue weighted by atomic mass is 10.8. The molecule has 1 unspecified atom stereocenters. The van der Waals surface area contributed by atoms with E-state index >= 15 is 0 Å². The highest BCUT2D eigenvalue weighted by atomic mass is 29.6. The quantitative estimate of drug-likeness (QED) is 0.193. The highest BCUT2D eigenvalue weighted by Crippen LogP contribution is 1.88. The fourth-order valence-electron chi connectivity index (χ4n) is 0.192. The molecule has 0 heterocycles. The van der Waals surface area contributed by atoms with E-state index in [1.165, 1.54) is 0 Å². The summed E-state index contributed by atoms with van der Waals surface area (Å²) in [6.07, 6.45) is 0. The monoisotopic (exact) mass is 159 g/mol. The second kappa shape index (κ2) is 3.13. The first-order valence-electron chi connectivity index (χ1n) is 2.68. The Morgan fingerprint density at radius 3 is 2.62 bits per heavy atom. The number of nitrogens with zero attached hydrogens (tertiary/aromatic N) is 3. The molecule has 44 valence electrons. The second-order valence-electron chi connectivity index (χ2n) is 2.36. The zero-order valence-corrected chi connectivity index (χ0v) is 9.96. The van der Waals surface area contributed by atoms with Crippen LogP contribution in [-0.2, 0) is 0 Å². The van der Waals surface area contributed by atoms with Gasteiger partial charge in [-0.1, -0.05) is 6.55 Å². The summed E-state index contributed by atoms with van der Waals surface area (Å²) in [7, 11) is 2.13. The molecular formula is CH10BN3Si3. The van der Waals surface area contributed by atoms with E-state index in [0.29, 0.717) is 0 Å². The van der Waals surface area contributed by atoms with E-state index in [1.54, 1.807) is 0 Å². The first kappa shape index (κ1) is 8.03. The van der Waals surface area contributed by atoms with Crippen molar-refractivity contribution in [3.8, 4) is 0 Å². The number of hydrogen-bond donors (Lipinski definition) is 0. The molecule has 0 N–H and O–H groups in total. The van der Waals surface area contributed by atoms with Crippen molar-refractivity contribution in [2.45, 2.75) is 6.55 Å². The molecule has 0 aromatic carbocycles. The molecule has 8 heavy (non-hydrogen) atoms. The molecule has 0 aromatic heterocycles. The maximum absolute atomic E-state index is 8.07. The molecule has 1 atom stereocenters. The van der Waals surface area contributed by atoms with E-state index in [1.807, 2.05) is 0 Å². The van der Waals surface area contributed by atoms with Crippen LogP contribution in [-0.4, -0.2) is 33.4 Å². The first-order chi connectivity index (χ1) is 3.62. The van der Waals surface area contributed by atoms with Gasteiger partial charge in [0.1, 0.15) is 0 Å². The molecule has 0 aliphatic heterocycles. The molecule has 0 aliphatic carbocycles. The Morgan fingerprint density at radius 2 is 2.50 bits per heavy atom. The number of rotatable bonds is 2. The Hall–Kier alpha value is 0.0256. The Labute approximate surface area is 55.7 Å². The molecule has 0 rings (SSSR count). The molecule has 0 saturated carbocycles. The summed E-state index contributed by atoms with van der Waals surface area (Å²) in [6.45, 7) is 2.23. The van der Waals surface area contributed by atoms with Crippen LogP contribution in [0.1, 0.15) is 0 Å². The molecule has 0 amide bonds. The average Bonchev–Trinajstić information content (AvgIpc) is 1.67. The van der Waals surface area contributed by atoms with E-state index in [4.69, 9.17) is 5.53 Å². The minimum absolute atomic E-state index is 0.0111. The predicted molar refractivity (Wildman–Crippen MR) is 47.8 cm³/mol. The lowest BCUT2D eigenvalue weighted by molar-refractivity contribution is 1.74. The first-order valence-corrected chi connectivity index (χ1v) is 12.4. The summed E-state index contributed by atoms with van der Waals surface area (Å²) in [6, 6.07) is 0. The normalized spacial score (nSPS) is 18.1. The fraction of sp³-hybridized carbons (Fsp3) is 1.00. The van der Waals surface area contributed by atoms with Gasteiger partial charge in [0, 0.05) is 9.04 Å². The van der Waals surface area contributed by atoms with Gasteiger partial charge < -0.3 is 0 Å². The molecule has 3 nitrogen and oxygen atoms in total. The van der Waals surface area contributed by atoms with Gasteiger partial charge in [0.25, 0.3) is 0 Å². The summed E-state index contributed by atoms with van der Waals surface area (Å²) in [5.74, 6) is 0. The standard InChI is InChI=1S/CH10BN3Si3/c1-7-8(2,6)5-4-3/h2,7H2,1,6H3. The zero-order chi connectivity index (χ0) is 6.62. The van der Waals surface area contributed by atoms with Gasteiger partial charge in [0.05, 0.1) is 14.6 Å². The van der Waals surface area contributed by atoms with Gasteiger partial charge in [-0.15, -0.1) is 4.78 Å². The molecular weight excluding hydrogens is 149 g/mol. The van der Waals surface area contributed by atoms with Gasteiger partial charge in [-0.3, -0.25) is 0 Å². The molecule has 0 aliphatic rings. The van der Waals surface area contributed by atoms with Gasteiger partial charge in [-0.25, -0.2) is 0 Å². The van der Waals surface area contributed by atoms with Crippen molar-refractivity contribution >= 4 is 33.4 Å². The van der Waals surface area contributed by atoms with Crippen molar-refractivity contribution in [1.29, 1.82) is 0 Å². The summed E-state index contributed by atoms with van der Waals surface area (Å²) >= 11 is 0. The van der Waals surface area contributed by atoms with Gasteiger partial charge in [-0.2, -0.15) is 0 Å². The topological polar surface area (TPSA) is 48.8 Å². The van der Waals surface area contributed by atoms with Gasteiger partial charge in [-0.05, 0) is 20.2 Å². The molecule has 0 saturated heterocycles. The summed E-state index contributed by atoms with van der Waals surface area (Å²) in [5, 5.41) is 0. The van der Waals surface area contributed by atoms with Crippen LogP contribution in [0, 0.1) is 0 Å². The largest absolute Gasteiger partial charge is 0.139 e. The Kier molecular flexibility index (Phi) is 3.14. The van der Waals surface area contributed by atoms with E-state index in [-0.39, 0.29) is 9.04 Å². The third-order valence-corrected chi connectivity index (χ3v) is 16.1. The van der Waals surface area contributed by atoms with Crippen LogP contribution >= 0.6 is 0 Å². The third-order valence-electron chi connectivity index (χ3n) is 1.18. The average molecular weight is 159 g/mol. The maximum atomic E-state index is 8.07. The van der Waals surface area contributed by atoms with E-state index in [0.717, 1.165) is 9.76 Å². The van der Waals surface area contributed by atoms with Crippen molar-refractivity contribution in [1.82, 2.24) is 0 Å². The zero-order valence-electron chi connectivity index (χ0n) is 5.55. The van der Waals surface area contributed by atoms with Gasteiger partial charge in [0.15, 0.2) is 0 Å². The smallest absolute Gasteiger partial charge is 0.0970 e. The molecule has 7 heteroatoms. The molecule has 0 aromatic rings. The van der Waals surface area contributed by atoms with Crippen LogP contribution in [0.25, 0.3) is 10.4 Å². The summed E-state index contributed by atoms with van der Waals surface area (Å²) in [5.41, 5.74) is 8.07. The Balaban J connectivity index is 3.90. The molecule has 0 radical (unpaired) electrons. The van der Waals surface area contributed by atoms with Crippen molar-refractivity contribution in [2.75, 3.05) is 0 Å².